The smallest absolute Gasteiger partial charge is 0.339 e. The minimum Gasteiger partial charge on any atom is -0.339 e. The molecule has 2 fully saturated rings. The Morgan fingerprint density at radius 1 is 0.892 bits per heavy atom. The van der Waals surface area contributed by atoms with Gasteiger partial charge in [-0.25, -0.2) is 4.57 Å². The highest BCUT2D eigenvalue weighted by molar-refractivity contribution is 7.87. The minimum absolute atomic E-state index is 0. The number of rotatable bonds is 3. The zero-order chi connectivity index (χ0) is 27.1. The third kappa shape index (κ3) is 8.53. The van der Waals surface area contributed by atoms with Crippen molar-refractivity contribution in [3.8, 4) is 0 Å². The predicted molar refractivity (Wildman–Crippen MR) is 132 cm³/mol. The fraction of sp³-hybridized carbons (Fsp3) is 0.480. The highest BCUT2D eigenvalue weighted by atomic mass is 32.2. The van der Waals surface area contributed by atoms with Crippen LogP contribution < -0.4 is 4.57 Å². The number of alkyl halides is 3. The van der Waals surface area contributed by atoms with E-state index >= 15 is 0 Å². The minimum atomic E-state index is -5.34. The van der Waals surface area contributed by atoms with E-state index in [0.717, 1.165) is 12.8 Å². The molecule has 0 aliphatic carbocycles. The van der Waals surface area contributed by atoms with E-state index in [2.05, 4.69) is 28.6 Å². The third-order valence-corrected chi connectivity index (χ3v) is 7.03. The van der Waals surface area contributed by atoms with Crippen LogP contribution in [0, 0.1) is 0 Å². The summed E-state index contributed by atoms with van der Waals surface area (Å²) in [7, 11) is 0.876. The Balaban J connectivity index is 0.000000281. The molecule has 2 amide bonds. The Bertz CT molecular complexity index is 1140. The van der Waals surface area contributed by atoms with Gasteiger partial charge in [-0.15, -0.1) is 0 Å². The first-order valence-electron chi connectivity index (χ1n) is 11.2. The molecule has 4 rings (SSSR count). The van der Waals surface area contributed by atoms with Gasteiger partial charge in [-0.3, -0.25) is 13.8 Å². The lowest BCUT2D eigenvalue weighted by Gasteiger charge is -2.19. The molecule has 0 N–H and O–H groups in total. The Kier molecular flexibility index (Phi) is 11.7. The molecule has 206 valence electrons. The van der Waals surface area contributed by atoms with Crippen LogP contribution in [-0.2, 0) is 30.9 Å². The first-order chi connectivity index (χ1) is 16.8. The van der Waals surface area contributed by atoms with Gasteiger partial charge in [0.2, 0.25) is 11.8 Å². The normalized spacial score (nSPS) is 19.4. The lowest BCUT2D eigenvalue weighted by Crippen LogP contribution is -2.29. The zero-order valence-corrected chi connectivity index (χ0v) is 21.4. The van der Waals surface area contributed by atoms with Gasteiger partial charge in [-0.2, -0.15) is 21.6 Å². The number of halogens is 3. The predicted octanol–water partition coefficient (Wildman–Crippen LogP) is 3.90. The maximum absolute atomic E-state index is 11.4. The first-order valence-corrected chi connectivity index (χ1v) is 12.6. The van der Waals surface area contributed by atoms with Crippen LogP contribution >= 0.6 is 0 Å². The second-order valence-corrected chi connectivity index (χ2v) is 10.1. The fourth-order valence-corrected chi connectivity index (χ4v) is 4.16. The van der Waals surface area contributed by atoms with Gasteiger partial charge < -0.3 is 9.80 Å². The molecule has 0 spiro atoms. The summed E-state index contributed by atoms with van der Waals surface area (Å²) >= 11 is 0. The molecular weight excluding hydrogens is 511 g/mol. The summed E-state index contributed by atoms with van der Waals surface area (Å²) in [6, 6.07) is 14.9. The largest absolute Gasteiger partial charge is 0.523 e. The number of hydrogen-bond donors (Lipinski definition) is 0. The molecule has 2 aromatic rings. The summed E-state index contributed by atoms with van der Waals surface area (Å²) in [4.78, 5) is 26.3. The van der Waals surface area contributed by atoms with Crippen molar-refractivity contribution in [3.05, 3.63) is 66.0 Å². The van der Waals surface area contributed by atoms with Crippen molar-refractivity contribution < 1.29 is 39.9 Å². The van der Waals surface area contributed by atoms with E-state index < -0.39 is 15.6 Å². The van der Waals surface area contributed by atoms with Gasteiger partial charge in [0, 0.05) is 38.6 Å². The number of amides is 2. The Hall–Kier alpha value is -2.99. The molecule has 2 aliphatic rings. The number of likely N-dealkylation sites (tertiary alicyclic amines) is 2. The van der Waals surface area contributed by atoms with Gasteiger partial charge in [-0.1, -0.05) is 37.8 Å². The first kappa shape index (κ1) is 32.0. The van der Waals surface area contributed by atoms with Gasteiger partial charge in [0.15, 0.2) is 12.4 Å². The number of carbonyl (C=O) groups is 2. The summed E-state index contributed by atoms with van der Waals surface area (Å²) in [5.74, 6) is 0.510. The monoisotopic (exact) mass is 546 g/mol. The summed E-state index contributed by atoms with van der Waals surface area (Å²) in [5.41, 5.74) is -2.83. The maximum Gasteiger partial charge on any atom is 0.523 e. The van der Waals surface area contributed by atoms with Crippen LogP contribution in [0.25, 0.3) is 0 Å². The summed E-state index contributed by atoms with van der Waals surface area (Å²) in [6.45, 7) is 0. The molecule has 8 nitrogen and oxygen atoms in total. The van der Waals surface area contributed by atoms with Crippen molar-refractivity contribution >= 4 is 21.9 Å². The number of pyridine rings is 1. The number of nitrogens with zero attached hydrogens (tertiary/aromatic N) is 3. The molecule has 37 heavy (non-hydrogen) atoms. The zero-order valence-electron chi connectivity index (χ0n) is 20.6. The van der Waals surface area contributed by atoms with Crippen molar-refractivity contribution in [2.75, 3.05) is 21.2 Å². The maximum atomic E-state index is 11.4. The molecule has 2 atom stereocenters. The Morgan fingerprint density at radius 3 is 1.70 bits per heavy atom. The molecule has 2 aliphatic heterocycles. The number of aryl methyl sites for hydroxylation is 1. The molecule has 0 unspecified atom stereocenters. The lowest BCUT2D eigenvalue weighted by molar-refractivity contribution is -0.672. The van der Waals surface area contributed by atoms with Crippen LogP contribution in [0.4, 0.5) is 13.2 Å². The average molecular weight is 547 g/mol. The van der Waals surface area contributed by atoms with E-state index in [1.807, 2.05) is 66.0 Å². The molecule has 12 heteroatoms. The third-order valence-electron chi connectivity index (χ3n) is 6.02. The highest BCUT2D eigenvalue weighted by Gasteiger charge is 2.46. The van der Waals surface area contributed by atoms with Crippen LogP contribution in [0.2, 0.25) is 0 Å². The molecule has 2 saturated heterocycles. The van der Waals surface area contributed by atoms with Gasteiger partial charge >= 0.3 is 15.6 Å². The second-order valence-electron chi connectivity index (χ2n) is 8.40. The van der Waals surface area contributed by atoms with Crippen molar-refractivity contribution in [3.63, 3.8) is 0 Å². The SMILES string of the molecule is C.CN1C(=O)CC[C@H]1c1ccc[n+](C)c1.CN1C(=O)CC[C@H]1c1ccccc1.COS(=O)(=O)C(F)(F)F. The van der Waals surface area contributed by atoms with Crippen LogP contribution in [0.5, 0.6) is 0 Å². The molecule has 1 aromatic carbocycles. The van der Waals surface area contributed by atoms with E-state index in [1.165, 1.54) is 11.1 Å². The molecule has 1 aromatic heterocycles. The van der Waals surface area contributed by atoms with E-state index in [1.54, 1.807) is 0 Å². The lowest BCUT2D eigenvalue weighted by atomic mass is 10.1. The number of carbonyl (C=O) groups excluding carboxylic acids is 2. The Morgan fingerprint density at radius 2 is 1.35 bits per heavy atom. The standard InChI is InChI=1S/C11H15N2O.C11H13NO.C2H3F3O3S.CH4/c1-12-7-3-4-9(8-12)10-5-6-11(14)13(10)2;1-12-10(7-8-11(12)13)9-5-3-2-4-6-9;1-8-9(6,7)2(3,4)5;/h3-4,7-8,10H,5-6H2,1-2H3;2-6,10H,7-8H2,1H3;1H3;1H4/q+1;;;/t2*10-;;/m00../s1. The molecule has 0 bridgehead atoms. The van der Waals surface area contributed by atoms with Gasteiger partial charge in [0.05, 0.1) is 19.2 Å². The summed E-state index contributed by atoms with van der Waals surface area (Å²) < 4.78 is 57.9. The highest BCUT2D eigenvalue weighted by Crippen LogP contribution is 2.31. The van der Waals surface area contributed by atoms with Gasteiger partial charge in [0.1, 0.15) is 7.05 Å². The van der Waals surface area contributed by atoms with Crippen LogP contribution in [0.15, 0.2) is 54.9 Å². The van der Waals surface area contributed by atoms with Crippen molar-refractivity contribution in [2.24, 2.45) is 7.05 Å². The summed E-state index contributed by atoms with van der Waals surface area (Å²) in [5, 5.41) is 0. The van der Waals surface area contributed by atoms with Crippen LogP contribution in [0.3, 0.4) is 0 Å². The topological polar surface area (TPSA) is 87.9 Å². The van der Waals surface area contributed by atoms with Crippen molar-refractivity contribution in [1.82, 2.24) is 9.80 Å². The molecule has 3 heterocycles. The van der Waals surface area contributed by atoms with Crippen LogP contribution in [-0.4, -0.2) is 56.7 Å². The van der Waals surface area contributed by atoms with Crippen LogP contribution in [0.1, 0.15) is 56.3 Å². The van der Waals surface area contributed by atoms with Gasteiger partial charge in [0.25, 0.3) is 0 Å². The number of hydrogen-bond acceptors (Lipinski definition) is 5. The average Bonchev–Trinajstić information content (AvgIpc) is 3.35. The Labute approximate surface area is 216 Å². The molecule has 0 saturated carbocycles. The van der Waals surface area contributed by atoms with E-state index in [4.69, 9.17) is 0 Å². The van der Waals surface area contributed by atoms with E-state index in [0.29, 0.717) is 26.0 Å². The van der Waals surface area contributed by atoms with E-state index in [-0.39, 0.29) is 25.3 Å². The molecular formula is C25H35F3N3O5S+. The fourth-order valence-electron chi connectivity index (χ4n) is 3.97. The summed E-state index contributed by atoms with van der Waals surface area (Å²) in [6.07, 6.45) is 7.36. The second kappa shape index (κ2) is 13.5. The number of aromatic nitrogens is 1. The molecule has 0 radical (unpaired) electrons. The quantitative estimate of drug-likeness (QED) is 0.331. The van der Waals surface area contributed by atoms with Crippen molar-refractivity contribution in [2.45, 2.75) is 50.7 Å². The van der Waals surface area contributed by atoms with Crippen molar-refractivity contribution in [1.29, 1.82) is 0 Å². The van der Waals surface area contributed by atoms with Gasteiger partial charge in [-0.05, 0) is 24.5 Å². The van der Waals surface area contributed by atoms with E-state index in [9.17, 15) is 31.2 Å². The number of benzene rings is 1.